The van der Waals surface area contributed by atoms with Crippen molar-refractivity contribution in [3.8, 4) is 5.75 Å². The lowest BCUT2D eigenvalue weighted by Gasteiger charge is -2.13. The molecule has 2 aromatic rings. The van der Waals surface area contributed by atoms with E-state index in [-0.39, 0.29) is 29.7 Å². The Kier molecular flexibility index (Phi) is 5.95. The fraction of sp³-hybridized carbons (Fsp3) is 0.263. The number of aromatic hydroxyl groups is 1. The van der Waals surface area contributed by atoms with Gasteiger partial charge in [0.15, 0.2) is 6.61 Å². The molecule has 126 valence electrons. The standard InChI is InChI=1S/C19H21NO4/c1-13-8-9-16(17(21)10-13)19(23)24-12-18(22)20-11-14(2)15-6-4-3-5-7-15/h3-10,14,21H,11-12H2,1-2H3,(H,20,22)/t14-/m0/s1. The third-order valence-electron chi connectivity index (χ3n) is 3.68. The molecule has 0 aromatic heterocycles. The molecule has 24 heavy (non-hydrogen) atoms. The molecule has 0 spiro atoms. The Morgan fingerprint density at radius 3 is 2.54 bits per heavy atom. The van der Waals surface area contributed by atoms with Crippen molar-refractivity contribution in [3.05, 3.63) is 65.2 Å². The second-order valence-electron chi connectivity index (χ2n) is 5.71. The molecule has 0 aliphatic heterocycles. The van der Waals surface area contributed by atoms with Crippen molar-refractivity contribution in [3.63, 3.8) is 0 Å². The minimum absolute atomic E-state index is 0.0473. The van der Waals surface area contributed by atoms with E-state index in [9.17, 15) is 14.7 Å². The number of ether oxygens (including phenoxy) is 1. The smallest absolute Gasteiger partial charge is 0.342 e. The molecule has 0 aliphatic rings. The summed E-state index contributed by atoms with van der Waals surface area (Å²) in [6.07, 6.45) is 0. The van der Waals surface area contributed by atoms with Crippen molar-refractivity contribution < 1.29 is 19.4 Å². The number of rotatable bonds is 6. The van der Waals surface area contributed by atoms with Crippen molar-refractivity contribution >= 4 is 11.9 Å². The third-order valence-corrected chi connectivity index (χ3v) is 3.68. The van der Waals surface area contributed by atoms with E-state index in [4.69, 9.17) is 4.74 Å². The summed E-state index contributed by atoms with van der Waals surface area (Å²) in [5.74, 6) is -1.10. The highest BCUT2D eigenvalue weighted by Gasteiger charge is 2.15. The van der Waals surface area contributed by atoms with Gasteiger partial charge in [-0.25, -0.2) is 4.79 Å². The summed E-state index contributed by atoms with van der Waals surface area (Å²) in [5.41, 5.74) is 2.00. The monoisotopic (exact) mass is 327 g/mol. The molecule has 0 radical (unpaired) electrons. The maximum Gasteiger partial charge on any atom is 0.342 e. The lowest BCUT2D eigenvalue weighted by Crippen LogP contribution is -2.31. The zero-order chi connectivity index (χ0) is 17.5. The number of amides is 1. The van der Waals surface area contributed by atoms with Crippen molar-refractivity contribution in [2.45, 2.75) is 19.8 Å². The molecule has 0 bridgehead atoms. The number of hydrogen-bond acceptors (Lipinski definition) is 4. The van der Waals surface area contributed by atoms with Crippen LogP contribution in [0.2, 0.25) is 0 Å². The minimum Gasteiger partial charge on any atom is -0.507 e. The van der Waals surface area contributed by atoms with Gasteiger partial charge in [0, 0.05) is 6.54 Å². The zero-order valence-corrected chi connectivity index (χ0v) is 13.8. The van der Waals surface area contributed by atoms with Gasteiger partial charge in [0.25, 0.3) is 5.91 Å². The van der Waals surface area contributed by atoms with Crippen molar-refractivity contribution in [1.29, 1.82) is 0 Å². The van der Waals surface area contributed by atoms with Crippen LogP contribution in [0.1, 0.15) is 34.3 Å². The first-order valence-electron chi connectivity index (χ1n) is 7.75. The maximum absolute atomic E-state index is 11.9. The van der Waals surface area contributed by atoms with Gasteiger partial charge in [0.2, 0.25) is 0 Å². The molecule has 2 N–H and O–H groups in total. The lowest BCUT2D eigenvalue weighted by molar-refractivity contribution is -0.124. The molecular weight excluding hydrogens is 306 g/mol. The molecule has 0 aliphatic carbocycles. The number of phenols is 1. The number of aryl methyl sites for hydroxylation is 1. The molecule has 5 heteroatoms. The SMILES string of the molecule is Cc1ccc(C(=O)OCC(=O)NC[C@H](C)c2ccccc2)c(O)c1. The van der Waals surface area contributed by atoms with Gasteiger partial charge in [-0.3, -0.25) is 4.79 Å². The van der Waals surface area contributed by atoms with E-state index >= 15 is 0 Å². The van der Waals surface area contributed by atoms with E-state index in [0.717, 1.165) is 11.1 Å². The molecule has 0 saturated carbocycles. The molecule has 0 heterocycles. The van der Waals surface area contributed by atoms with E-state index in [1.165, 1.54) is 12.1 Å². The van der Waals surface area contributed by atoms with Crippen molar-refractivity contribution in [2.75, 3.05) is 13.2 Å². The van der Waals surface area contributed by atoms with E-state index in [2.05, 4.69) is 5.32 Å². The number of hydrogen-bond donors (Lipinski definition) is 2. The van der Waals surface area contributed by atoms with E-state index in [1.54, 1.807) is 13.0 Å². The topological polar surface area (TPSA) is 75.6 Å². The van der Waals surface area contributed by atoms with Crippen LogP contribution in [-0.4, -0.2) is 30.1 Å². The number of benzene rings is 2. The number of carbonyl (C=O) groups is 2. The number of esters is 1. The van der Waals surface area contributed by atoms with Crippen LogP contribution in [0.3, 0.4) is 0 Å². The number of carbonyl (C=O) groups excluding carboxylic acids is 2. The molecule has 0 saturated heterocycles. The average molecular weight is 327 g/mol. The Balaban J connectivity index is 1.79. The summed E-state index contributed by atoms with van der Waals surface area (Å²) in [6, 6.07) is 14.5. The van der Waals surface area contributed by atoms with Crippen LogP contribution in [0.5, 0.6) is 5.75 Å². The molecule has 5 nitrogen and oxygen atoms in total. The van der Waals surface area contributed by atoms with E-state index in [0.29, 0.717) is 6.54 Å². The summed E-state index contributed by atoms with van der Waals surface area (Å²) < 4.78 is 4.94. The highest BCUT2D eigenvalue weighted by molar-refractivity contribution is 5.93. The van der Waals surface area contributed by atoms with Gasteiger partial charge in [-0.05, 0) is 36.1 Å². The molecule has 0 fully saturated rings. The van der Waals surface area contributed by atoms with Gasteiger partial charge in [-0.15, -0.1) is 0 Å². The first-order valence-corrected chi connectivity index (χ1v) is 7.75. The van der Waals surface area contributed by atoms with Gasteiger partial charge in [0.1, 0.15) is 11.3 Å². The van der Waals surface area contributed by atoms with Crippen molar-refractivity contribution in [2.24, 2.45) is 0 Å². The molecule has 2 rings (SSSR count). The van der Waals surface area contributed by atoms with Crippen LogP contribution in [0.4, 0.5) is 0 Å². The van der Waals surface area contributed by atoms with Gasteiger partial charge in [0.05, 0.1) is 0 Å². The minimum atomic E-state index is -0.723. The first-order chi connectivity index (χ1) is 11.5. The normalized spacial score (nSPS) is 11.6. The highest BCUT2D eigenvalue weighted by Crippen LogP contribution is 2.19. The molecule has 1 atom stereocenters. The Bertz CT molecular complexity index is 713. The quantitative estimate of drug-likeness (QED) is 0.800. The van der Waals surface area contributed by atoms with Crippen molar-refractivity contribution in [1.82, 2.24) is 5.32 Å². The van der Waals surface area contributed by atoms with Gasteiger partial charge in [-0.2, -0.15) is 0 Å². The zero-order valence-electron chi connectivity index (χ0n) is 13.8. The Morgan fingerprint density at radius 2 is 1.88 bits per heavy atom. The number of phenolic OH excluding ortho intramolecular Hbond substituents is 1. The highest BCUT2D eigenvalue weighted by atomic mass is 16.5. The second-order valence-corrected chi connectivity index (χ2v) is 5.71. The first kappa shape index (κ1) is 17.5. The summed E-state index contributed by atoms with van der Waals surface area (Å²) in [4.78, 5) is 23.7. The van der Waals surface area contributed by atoms with E-state index < -0.39 is 5.97 Å². The summed E-state index contributed by atoms with van der Waals surface area (Å²) >= 11 is 0. The predicted molar refractivity (Wildman–Crippen MR) is 91.0 cm³/mol. The van der Waals surface area contributed by atoms with Crippen LogP contribution in [0, 0.1) is 6.92 Å². The van der Waals surface area contributed by atoms with Gasteiger partial charge < -0.3 is 15.2 Å². The van der Waals surface area contributed by atoms with Crippen LogP contribution in [0.25, 0.3) is 0 Å². The summed E-state index contributed by atoms with van der Waals surface area (Å²) in [7, 11) is 0. The fourth-order valence-corrected chi connectivity index (χ4v) is 2.24. The Hall–Kier alpha value is -2.82. The van der Waals surface area contributed by atoms with Crippen LogP contribution < -0.4 is 5.32 Å². The Morgan fingerprint density at radius 1 is 1.17 bits per heavy atom. The molecular formula is C19H21NO4. The average Bonchev–Trinajstić information content (AvgIpc) is 2.58. The van der Waals surface area contributed by atoms with E-state index in [1.807, 2.05) is 37.3 Å². The van der Waals surface area contributed by atoms with Gasteiger partial charge >= 0.3 is 5.97 Å². The largest absolute Gasteiger partial charge is 0.507 e. The summed E-state index contributed by atoms with van der Waals surface area (Å²) in [5, 5.41) is 12.5. The number of nitrogens with one attached hydrogen (secondary N) is 1. The summed E-state index contributed by atoms with van der Waals surface area (Å²) in [6.45, 7) is 3.88. The predicted octanol–water partition coefficient (Wildman–Crippen LogP) is 2.78. The fourth-order valence-electron chi connectivity index (χ4n) is 2.24. The van der Waals surface area contributed by atoms with Crippen LogP contribution in [-0.2, 0) is 9.53 Å². The molecule has 1 amide bonds. The second kappa shape index (κ2) is 8.15. The molecule has 0 unspecified atom stereocenters. The van der Waals surface area contributed by atoms with Crippen LogP contribution in [0.15, 0.2) is 48.5 Å². The lowest BCUT2D eigenvalue weighted by atomic mass is 10.0. The van der Waals surface area contributed by atoms with Crippen LogP contribution >= 0.6 is 0 Å². The molecule has 2 aromatic carbocycles. The Labute approximate surface area is 141 Å². The maximum atomic E-state index is 11.9. The third kappa shape index (κ3) is 4.84. The van der Waals surface area contributed by atoms with Gasteiger partial charge in [-0.1, -0.05) is 43.3 Å².